The molecule has 0 bridgehead atoms. The van der Waals surface area contributed by atoms with Crippen molar-refractivity contribution >= 4 is 5.97 Å². The van der Waals surface area contributed by atoms with Crippen LogP contribution in [0.5, 0.6) is 0 Å². The zero-order valence-corrected chi connectivity index (χ0v) is 8.37. The van der Waals surface area contributed by atoms with Crippen molar-refractivity contribution < 1.29 is 18.7 Å². The summed E-state index contributed by atoms with van der Waals surface area (Å²) in [4.78, 5) is 14.2. The van der Waals surface area contributed by atoms with Gasteiger partial charge in [0.1, 0.15) is 11.8 Å². The molecule has 0 radical (unpaired) electrons. The number of nitriles is 1. The molecule has 1 aromatic heterocycles. The third-order valence-electron chi connectivity index (χ3n) is 2.08. The number of rotatable bonds is 3. The van der Waals surface area contributed by atoms with Gasteiger partial charge >= 0.3 is 5.97 Å². The lowest BCUT2D eigenvalue weighted by molar-refractivity contribution is -0.136. The third-order valence-corrected chi connectivity index (χ3v) is 2.08. The number of carboxylic acid groups (broad SMARTS) is 1. The largest absolute Gasteiger partial charge is 0.481 e. The Balaban J connectivity index is 3.32. The molecule has 0 aliphatic heterocycles. The van der Waals surface area contributed by atoms with Gasteiger partial charge in [0, 0.05) is 5.56 Å². The van der Waals surface area contributed by atoms with E-state index in [1.807, 2.05) is 0 Å². The van der Waals surface area contributed by atoms with E-state index in [0.29, 0.717) is 0 Å². The van der Waals surface area contributed by atoms with Gasteiger partial charge in [-0.15, -0.1) is 0 Å². The second-order valence-corrected chi connectivity index (χ2v) is 3.15. The molecule has 4 nitrogen and oxygen atoms in total. The van der Waals surface area contributed by atoms with E-state index >= 15 is 0 Å². The molecule has 0 fully saturated rings. The average molecular weight is 226 g/mol. The van der Waals surface area contributed by atoms with Gasteiger partial charge in [-0.25, -0.2) is 13.8 Å². The van der Waals surface area contributed by atoms with Gasteiger partial charge in [-0.3, -0.25) is 4.79 Å². The van der Waals surface area contributed by atoms with E-state index in [1.165, 1.54) is 6.92 Å². The highest BCUT2D eigenvalue weighted by Crippen LogP contribution is 2.25. The fourth-order valence-electron chi connectivity index (χ4n) is 1.28. The summed E-state index contributed by atoms with van der Waals surface area (Å²) in [7, 11) is 0. The predicted molar refractivity (Wildman–Crippen MR) is 50.0 cm³/mol. The lowest BCUT2D eigenvalue weighted by Crippen LogP contribution is -2.08. The van der Waals surface area contributed by atoms with Crippen LogP contribution in [-0.4, -0.2) is 16.1 Å². The molecule has 16 heavy (non-hydrogen) atoms. The maximum atomic E-state index is 12.6. The summed E-state index contributed by atoms with van der Waals surface area (Å²) >= 11 is 0. The first-order valence-corrected chi connectivity index (χ1v) is 4.36. The van der Waals surface area contributed by atoms with Gasteiger partial charge in [-0.05, 0) is 18.6 Å². The molecule has 0 aromatic carbocycles. The normalized spacial score (nSPS) is 10.2. The van der Waals surface area contributed by atoms with E-state index < -0.39 is 18.8 Å². The fourth-order valence-corrected chi connectivity index (χ4v) is 1.28. The molecule has 0 amide bonds. The van der Waals surface area contributed by atoms with Crippen molar-refractivity contribution in [1.82, 2.24) is 4.98 Å². The number of aliphatic carboxylic acids is 1. The first-order valence-electron chi connectivity index (χ1n) is 4.36. The summed E-state index contributed by atoms with van der Waals surface area (Å²) in [5.74, 6) is -1.18. The second kappa shape index (κ2) is 4.66. The zero-order valence-electron chi connectivity index (χ0n) is 8.37. The Labute approximate surface area is 90.2 Å². The number of carboxylic acids is 1. The molecule has 1 heterocycles. The Morgan fingerprint density at radius 3 is 2.75 bits per heavy atom. The maximum Gasteiger partial charge on any atom is 0.309 e. The summed E-state index contributed by atoms with van der Waals surface area (Å²) in [6.45, 7) is 1.37. The van der Waals surface area contributed by atoms with E-state index in [0.717, 1.165) is 6.07 Å². The first-order chi connectivity index (χ1) is 7.45. The summed E-state index contributed by atoms with van der Waals surface area (Å²) in [6.07, 6.45) is -3.22. The number of alkyl halides is 2. The Morgan fingerprint density at radius 1 is 1.69 bits per heavy atom. The van der Waals surface area contributed by atoms with Crippen LogP contribution in [0.1, 0.15) is 28.9 Å². The van der Waals surface area contributed by atoms with Gasteiger partial charge in [0.05, 0.1) is 12.1 Å². The number of hydrogen-bond donors (Lipinski definition) is 1. The number of pyridine rings is 1. The van der Waals surface area contributed by atoms with Gasteiger partial charge in [-0.2, -0.15) is 5.26 Å². The number of carbonyl (C=O) groups is 1. The molecule has 0 unspecified atom stereocenters. The van der Waals surface area contributed by atoms with Crippen LogP contribution >= 0.6 is 0 Å². The standard InChI is InChI=1S/C10H8F2N2O2/c1-5-7(10(11)12)2-6(4-13)14-8(5)3-9(15)16/h2,10H,3H2,1H3,(H,15,16). The summed E-state index contributed by atoms with van der Waals surface area (Å²) < 4.78 is 25.2. The van der Waals surface area contributed by atoms with Crippen molar-refractivity contribution in [3.63, 3.8) is 0 Å². The Hall–Kier alpha value is -2.03. The summed E-state index contributed by atoms with van der Waals surface area (Å²) in [5.41, 5.74) is -0.418. The number of aromatic nitrogens is 1. The van der Waals surface area contributed by atoms with Gasteiger partial charge < -0.3 is 5.11 Å². The van der Waals surface area contributed by atoms with Crippen LogP contribution < -0.4 is 0 Å². The second-order valence-electron chi connectivity index (χ2n) is 3.15. The molecule has 0 aliphatic carbocycles. The van der Waals surface area contributed by atoms with Crippen molar-refractivity contribution in [1.29, 1.82) is 5.26 Å². The summed E-state index contributed by atoms with van der Waals surface area (Å²) in [6, 6.07) is 2.60. The number of nitrogens with zero attached hydrogens (tertiary/aromatic N) is 2. The lowest BCUT2D eigenvalue weighted by atomic mass is 10.0. The molecule has 6 heteroatoms. The highest BCUT2D eigenvalue weighted by atomic mass is 19.3. The molecule has 0 spiro atoms. The van der Waals surface area contributed by atoms with E-state index in [1.54, 1.807) is 6.07 Å². The van der Waals surface area contributed by atoms with E-state index in [4.69, 9.17) is 10.4 Å². The smallest absolute Gasteiger partial charge is 0.309 e. The minimum atomic E-state index is -2.75. The molecular weight excluding hydrogens is 218 g/mol. The fraction of sp³-hybridized carbons (Fsp3) is 0.300. The highest BCUT2D eigenvalue weighted by Gasteiger charge is 2.17. The van der Waals surface area contributed by atoms with Crippen LogP contribution in [0.2, 0.25) is 0 Å². The van der Waals surface area contributed by atoms with Crippen LogP contribution in [0.15, 0.2) is 6.07 Å². The molecule has 1 aromatic rings. The van der Waals surface area contributed by atoms with Crippen LogP contribution in [0, 0.1) is 18.3 Å². The van der Waals surface area contributed by atoms with Gasteiger partial charge in [0.25, 0.3) is 6.43 Å². The molecule has 1 rings (SSSR count). The monoisotopic (exact) mass is 226 g/mol. The van der Waals surface area contributed by atoms with E-state index in [9.17, 15) is 13.6 Å². The van der Waals surface area contributed by atoms with Crippen molar-refractivity contribution in [3.05, 3.63) is 28.6 Å². The van der Waals surface area contributed by atoms with E-state index in [-0.39, 0.29) is 22.5 Å². The Bertz CT molecular complexity index is 467. The molecule has 0 aliphatic rings. The van der Waals surface area contributed by atoms with Crippen molar-refractivity contribution in [2.24, 2.45) is 0 Å². The molecule has 1 N–H and O–H groups in total. The molecule has 0 saturated heterocycles. The molecule has 84 valence electrons. The molecule has 0 saturated carbocycles. The van der Waals surface area contributed by atoms with Gasteiger partial charge in [0.15, 0.2) is 0 Å². The van der Waals surface area contributed by atoms with Crippen molar-refractivity contribution in [2.45, 2.75) is 19.8 Å². The quantitative estimate of drug-likeness (QED) is 0.853. The van der Waals surface area contributed by atoms with Crippen LogP contribution in [0.25, 0.3) is 0 Å². The maximum absolute atomic E-state index is 12.6. The van der Waals surface area contributed by atoms with E-state index in [2.05, 4.69) is 4.98 Å². The number of hydrogen-bond acceptors (Lipinski definition) is 3. The zero-order chi connectivity index (χ0) is 12.3. The highest BCUT2D eigenvalue weighted by molar-refractivity contribution is 5.70. The number of halogens is 2. The van der Waals surface area contributed by atoms with Gasteiger partial charge in [-0.1, -0.05) is 0 Å². The van der Waals surface area contributed by atoms with Crippen molar-refractivity contribution in [2.75, 3.05) is 0 Å². The topological polar surface area (TPSA) is 74.0 Å². The average Bonchev–Trinajstić information content (AvgIpc) is 2.19. The first kappa shape index (κ1) is 12.0. The minimum absolute atomic E-state index is 0.00171. The molecule has 0 atom stereocenters. The minimum Gasteiger partial charge on any atom is -0.481 e. The van der Waals surface area contributed by atoms with Crippen LogP contribution in [0.3, 0.4) is 0 Å². The van der Waals surface area contributed by atoms with Crippen LogP contribution in [0.4, 0.5) is 8.78 Å². The van der Waals surface area contributed by atoms with Crippen LogP contribution in [-0.2, 0) is 11.2 Å². The third kappa shape index (κ3) is 2.51. The Kier molecular flexibility index (Phi) is 3.51. The summed E-state index contributed by atoms with van der Waals surface area (Å²) in [5, 5.41) is 17.2. The van der Waals surface area contributed by atoms with Crippen molar-refractivity contribution in [3.8, 4) is 6.07 Å². The van der Waals surface area contributed by atoms with Gasteiger partial charge in [0.2, 0.25) is 0 Å². The lowest BCUT2D eigenvalue weighted by Gasteiger charge is -2.09. The molecular formula is C10H8F2N2O2. The predicted octanol–water partition coefficient (Wildman–Crippen LogP) is 1.83. The Morgan fingerprint density at radius 2 is 2.31 bits per heavy atom. The SMILES string of the molecule is Cc1c(C(F)F)cc(C#N)nc1CC(=O)O.